The van der Waals surface area contributed by atoms with E-state index in [1.807, 2.05) is 10.7 Å². The standard InChI is InChI=1S/C16H23N3O3/c1-16(2,3)19-13(10-4-5-10)8-12(17-19)15(22)18(9-14(20)21)11-6-7-11/h8,10-11H,4-7,9H2,1-3H3,(H,20,21). The van der Waals surface area contributed by atoms with Gasteiger partial charge in [-0.3, -0.25) is 14.3 Å². The molecular formula is C16H23N3O3. The van der Waals surface area contributed by atoms with E-state index < -0.39 is 5.97 Å². The minimum Gasteiger partial charge on any atom is -0.480 e. The number of carboxylic acids is 1. The molecule has 0 spiro atoms. The third kappa shape index (κ3) is 3.00. The fourth-order valence-corrected chi connectivity index (χ4v) is 2.75. The van der Waals surface area contributed by atoms with Crippen LogP contribution in [0.15, 0.2) is 6.07 Å². The molecule has 1 amide bonds. The normalized spacial score (nSPS) is 18.3. The van der Waals surface area contributed by atoms with Gasteiger partial charge in [0.15, 0.2) is 5.69 Å². The second-order valence-electron chi connectivity index (χ2n) is 7.37. The summed E-state index contributed by atoms with van der Waals surface area (Å²) < 4.78 is 1.93. The van der Waals surface area contributed by atoms with E-state index in [1.165, 1.54) is 4.90 Å². The molecule has 2 aliphatic carbocycles. The largest absolute Gasteiger partial charge is 0.480 e. The van der Waals surface area contributed by atoms with Crippen LogP contribution in [0.3, 0.4) is 0 Å². The Morgan fingerprint density at radius 1 is 1.32 bits per heavy atom. The molecule has 0 aliphatic heterocycles. The summed E-state index contributed by atoms with van der Waals surface area (Å²) in [5.74, 6) is -0.741. The molecule has 2 fully saturated rings. The first-order valence-corrected chi connectivity index (χ1v) is 7.90. The topological polar surface area (TPSA) is 75.4 Å². The summed E-state index contributed by atoms with van der Waals surface area (Å²) in [6.07, 6.45) is 4.04. The smallest absolute Gasteiger partial charge is 0.323 e. The van der Waals surface area contributed by atoms with Gasteiger partial charge in [-0.15, -0.1) is 0 Å². The van der Waals surface area contributed by atoms with E-state index in [1.54, 1.807) is 0 Å². The molecule has 1 aromatic rings. The van der Waals surface area contributed by atoms with Crippen molar-refractivity contribution in [2.24, 2.45) is 0 Å². The Morgan fingerprint density at radius 3 is 2.41 bits per heavy atom. The minimum atomic E-state index is -0.974. The number of amides is 1. The SMILES string of the molecule is CC(C)(C)n1nc(C(=O)N(CC(=O)O)C2CC2)cc1C1CC1. The molecule has 0 unspecified atom stereocenters. The van der Waals surface area contributed by atoms with Crippen molar-refractivity contribution >= 4 is 11.9 Å². The van der Waals surface area contributed by atoms with Gasteiger partial charge in [0.2, 0.25) is 0 Å². The number of carbonyl (C=O) groups excluding carboxylic acids is 1. The molecule has 0 atom stereocenters. The van der Waals surface area contributed by atoms with E-state index in [-0.39, 0.29) is 24.0 Å². The molecule has 2 saturated carbocycles. The highest BCUT2D eigenvalue weighted by molar-refractivity contribution is 5.94. The zero-order chi connectivity index (χ0) is 16.1. The molecular weight excluding hydrogens is 282 g/mol. The number of carbonyl (C=O) groups is 2. The average molecular weight is 305 g/mol. The van der Waals surface area contributed by atoms with Crippen molar-refractivity contribution in [2.45, 2.75) is 64.0 Å². The summed E-state index contributed by atoms with van der Waals surface area (Å²) >= 11 is 0. The van der Waals surface area contributed by atoms with Gasteiger partial charge in [0.05, 0.1) is 5.54 Å². The maximum absolute atomic E-state index is 12.7. The Bertz CT molecular complexity index is 607. The fraction of sp³-hybridized carbons (Fsp3) is 0.688. The van der Waals surface area contributed by atoms with Crippen LogP contribution in [0.1, 0.15) is 68.6 Å². The highest BCUT2D eigenvalue weighted by Gasteiger charge is 2.37. The monoisotopic (exact) mass is 305 g/mol. The lowest BCUT2D eigenvalue weighted by Crippen LogP contribution is -2.38. The Morgan fingerprint density at radius 2 is 1.95 bits per heavy atom. The first-order valence-electron chi connectivity index (χ1n) is 7.90. The molecule has 6 heteroatoms. The zero-order valence-corrected chi connectivity index (χ0v) is 13.4. The van der Waals surface area contributed by atoms with Crippen molar-refractivity contribution in [1.29, 1.82) is 0 Å². The van der Waals surface area contributed by atoms with E-state index in [9.17, 15) is 9.59 Å². The molecule has 3 rings (SSSR count). The summed E-state index contributed by atoms with van der Waals surface area (Å²) in [6, 6.07) is 1.93. The van der Waals surface area contributed by atoms with E-state index >= 15 is 0 Å². The lowest BCUT2D eigenvalue weighted by Gasteiger charge is -2.22. The van der Waals surface area contributed by atoms with E-state index in [0.717, 1.165) is 31.4 Å². The predicted molar refractivity (Wildman–Crippen MR) is 80.9 cm³/mol. The Kier molecular flexibility index (Phi) is 3.50. The quantitative estimate of drug-likeness (QED) is 0.905. The molecule has 2 aliphatic rings. The molecule has 0 aromatic carbocycles. The number of aromatic nitrogens is 2. The molecule has 0 saturated heterocycles. The lowest BCUT2D eigenvalue weighted by molar-refractivity contribution is -0.137. The van der Waals surface area contributed by atoms with Gasteiger partial charge in [0, 0.05) is 17.7 Å². The first kappa shape index (κ1) is 15.1. The van der Waals surface area contributed by atoms with Gasteiger partial charge < -0.3 is 10.0 Å². The Labute approximate surface area is 130 Å². The minimum absolute atomic E-state index is 0.0627. The van der Waals surface area contributed by atoms with Crippen molar-refractivity contribution < 1.29 is 14.7 Å². The molecule has 1 aromatic heterocycles. The van der Waals surface area contributed by atoms with E-state index in [4.69, 9.17) is 5.11 Å². The third-order valence-corrected chi connectivity index (χ3v) is 4.14. The highest BCUT2D eigenvalue weighted by atomic mass is 16.4. The molecule has 0 radical (unpaired) electrons. The predicted octanol–water partition coefficient (Wildman–Crippen LogP) is 2.20. The Hall–Kier alpha value is -1.85. The molecule has 1 heterocycles. The summed E-state index contributed by atoms with van der Waals surface area (Å²) in [4.78, 5) is 25.1. The van der Waals surface area contributed by atoms with Gasteiger partial charge in [-0.25, -0.2) is 0 Å². The van der Waals surface area contributed by atoms with Crippen LogP contribution in [-0.4, -0.2) is 44.3 Å². The van der Waals surface area contributed by atoms with Gasteiger partial charge in [-0.05, 0) is 52.5 Å². The second-order valence-corrected chi connectivity index (χ2v) is 7.37. The van der Waals surface area contributed by atoms with Crippen LogP contribution >= 0.6 is 0 Å². The van der Waals surface area contributed by atoms with Gasteiger partial charge >= 0.3 is 5.97 Å². The summed E-state index contributed by atoms with van der Waals surface area (Å²) in [6.45, 7) is 5.95. The van der Waals surface area contributed by atoms with Crippen LogP contribution < -0.4 is 0 Å². The van der Waals surface area contributed by atoms with Crippen LogP contribution in [-0.2, 0) is 10.3 Å². The third-order valence-electron chi connectivity index (χ3n) is 4.14. The van der Waals surface area contributed by atoms with E-state index in [0.29, 0.717) is 11.6 Å². The van der Waals surface area contributed by atoms with Gasteiger partial charge in [-0.2, -0.15) is 5.10 Å². The van der Waals surface area contributed by atoms with Gasteiger partial charge in [0.1, 0.15) is 6.54 Å². The number of hydrogen-bond donors (Lipinski definition) is 1. The lowest BCUT2D eigenvalue weighted by atomic mass is 10.1. The molecule has 6 nitrogen and oxygen atoms in total. The van der Waals surface area contributed by atoms with Crippen molar-refractivity contribution in [1.82, 2.24) is 14.7 Å². The molecule has 22 heavy (non-hydrogen) atoms. The molecule has 0 bridgehead atoms. The number of aliphatic carboxylic acids is 1. The molecule has 120 valence electrons. The second kappa shape index (κ2) is 5.11. The van der Waals surface area contributed by atoms with Crippen molar-refractivity contribution in [2.75, 3.05) is 6.54 Å². The van der Waals surface area contributed by atoms with Crippen LogP contribution in [0.5, 0.6) is 0 Å². The average Bonchev–Trinajstić information content (AvgIpc) is 3.31. The van der Waals surface area contributed by atoms with Crippen LogP contribution in [0.2, 0.25) is 0 Å². The van der Waals surface area contributed by atoms with Crippen molar-refractivity contribution in [3.63, 3.8) is 0 Å². The summed E-state index contributed by atoms with van der Waals surface area (Å²) in [5.41, 5.74) is 1.29. The fourth-order valence-electron chi connectivity index (χ4n) is 2.75. The zero-order valence-electron chi connectivity index (χ0n) is 13.4. The van der Waals surface area contributed by atoms with Crippen LogP contribution in [0.4, 0.5) is 0 Å². The maximum Gasteiger partial charge on any atom is 0.323 e. The van der Waals surface area contributed by atoms with Gasteiger partial charge in [-0.1, -0.05) is 0 Å². The number of rotatable bonds is 5. The first-order chi connectivity index (χ1) is 10.3. The number of hydrogen-bond acceptors (Lipinski definition) is 3. The Balaban J connectivity index is 1.90. The van der Waals surface area contributed by atoms with Crippen LogP contribution in [0, 0.1) is 0 Å². The van der Waals surface area contributed by atoms with Crippen molar-refractivity contribution in [3.05, 3.63) is 17.5 Å². The maximum atomic E-state index is 12.7. The summed E-state index contributed by atoms with van der Waals surface area (Å²) in [5, 5.41) is 13.5. The highest BCUT2D eigenvalue weighted by Crippen LogP contribution is 2.42. The van der Waals surface area contributed by atoms with Crippen molar-refractivity contribution in [3.8, 4) is 0 Å². The molecule has 1 N–H and O–H groups in total. The number of nitrogens with zero attached hydrogens (tertiary/aromatic N) is 3. The van der Waals surface area contributed by atoms with E-state index in [2.05, 4.69) is 25.9 Å². The van der Waals surface area contributed by atoms with Gasteiger partial charge in [0.25, 0.3) is 5.91 Å². The number of carboxylic acid groups (broad SMARTS) is 1. The summed E-state index contributed by atoms with van der Waals surface area (Å²) in [7, 11) is 0. The van der Waals surface area contributed by atoms with Crippen LogP contribution in [0.25, 0.3) is 0 Å².